The van der Waals surface area contributed by atoms with Crippen molar-refractivity contribution < 1.29 is 9.18 Å². The Morgan fingerprint density at radius 2 is 2.10 bits per heavy atom. The minimum absolute atomic E-state index is 0.216. The molecule has 104 valence electrons. The van der Waals surface area contributed by atoms with Gasteiger partial charge >= 0.3 is 0 Å². The van der Waals surface area contributed by atoms with E-state index in [1.54, 1.807) is 18.2 Å². The molecule has 5 N–H and O–H groups in total. The number of amides is 1. The highest BCUT2D eigenvalue weighted by Gasteiger charge is 2.07. The molecule has 0 saturated carbocycles. The molecular formula is C14H15FN4O. The van der Waals surface area contributed by atoms with Gasteiger partial charge in [-0.15, -0.1) is 0 Å². The topological polar surface area (TPSA) is 94.0 Å². The standard InChI is InChI=1S/C14H15FN4O/c15-11-4-2-1-3-9(11)5-6-18-13-7-10(14(17)20)12(16)8-19-13/h1-4,7-8H,5-6,16H2,(H2,17,20)(H,18,19). The Morgan fingerprint density at radius 3 is 2.80 bits per heavy atom. The van der Waals surface area contributed by atoms with Crippen molar-refractivity contribution in [3.63, 3.8) is 0 Å². The van der Waals surface area contributed by atoms with Crippen LogP contribution in [0.25, 0.3) is 0 Å². The first kappa shape index (κ1) is 13.8. The molecule has 0 unspecified atom stereocenters. The molecular weight excluding hydrogens is 259 g/mol. The monoisotopic (exact) mass is 274 g/mol. The molecule has 0 atom stereocenters. The molecule has 6 heteroatoms. The fraction of sp³-hybridized carbons (Fsp3) is 0.143. The molecule has 2 rings (SSSR count). The van der Waals surface area contributed by atoms with Gasteiger partial charge in [-0.25, -0.2) is 9.37 Å². The van der Waals surface area contributed by atoms with Gasteiger partial charge in [0.05, 0.1) is 17.4 Å². The second-order valence-electron chi connectivity index (χ2n) is 4.29. The van der Waals surface area contributed by atoms with Crippen molar-refractivity contribution in [2.24, 2.45) is 5.73 Å². The summed E-state index contributed by atoms with van der Waals surface area (Å²) >= 11 is 0. The van der Waals surface area contributed by atoms with E-state index in [-0.39, 0.29) is 17.1 Å². The smallest absolute Gasteiger partial charge is 0.250 e. The Labute approximate surface area is 115 Å². The first-order valence-corrected chi connectivity index (χ1v) is 6.10. The maximum atomic E-state index is 13.4. The Hall–Kier alpha value is -2.63. The van der Waals surface area contributed by atoms with Crippen LogP contribution in [-0.2, 0) is 6.42 Å². The lowest BCUT2D eigenvalue weighted by Gasteiger charge is -2.08. The van der Waals surface area contributed by atoms with Crippen LogP contribution in [0.4, 0.5) is 15.9 Å². The van der Waals surface area contributed by atoms with Crippen LogP contribution in [0.3, 0.4) is 0 Å². The van der Waals surface area contributed by atoms with Crippen molar-refractivity contribution in [2.45, 2.75) is 6.42 Å². The van der Waals surface area contributed by atoms with Gasteiger partial charge in [-0.3, -0.25) is 4.79 Å². The molecule has 0 spiro atoms. The van der Waals surface area contributed by atoms with Crippen LogP contribution in [0, 0.1) is 5.82 Å². The number of hydrogen-bond acceptors (Lipinski definition) is 4. The van der Waals surface area contributed by atoms with Gasteiger partial charge < -0.3 is 16.8 Å². The van der Waals surface area contributed by atoms with Crippen molar-refractivity contribution in [1.82, 2.24) is 4.98 Å². The van der Waals surface area contributed by atoms with Crippen LogP contribution in [0.2, 0.25) is 0 Å². The summed E-state index contributed by atoms with van der Waals surface area (Å²) in [6.45, 7) is 0.482. The van der Waals surface area contributed by atoms with Gasteiger partial charge in [0, 0.05) is 6.54 Å². The summed E-state index contributed by atoms with van der Waals surface area (Å²) in [6, 6.07) is 8.06. The van der Waals surface area contributed by atoms with E-state index >= 15 is 0 Å². The summed E-state index contributed by atoms with van der Waals surface area (Å²) in [4.78, 5) is 15.2. The molecule has 0 bridgehead atoms. The number of primary amides is 1. The number of nitrogen functional groups attached to an aromatic ring is 1. The van der Waals surface area contributed by atoms with Gasteiger partial charge in [0.2, 0.25) is 0 Å². The van der Waals surface area contributed by atoms with Crippen LogP contribution in [-0.4, -0.2) is 17.4 Å². The number of nitrogens with one attached hydrogen (secondary N) is 1. The first-order chi connectivity index (χ1) is 9.58. The first-order valence-electron chi connectivity index (χ1n) is 6.10. The summed E-state index contributed by atoms with van der Waals surface area (Å²) in [5.74, 6) is -0.371. The van der Waals surface area contributed by atoms with E-state index in [2.05, 4.69) is 10.3 Å². The molecule has 1 heterocycles. The number of halogens is 1. The maximum Gasteiger partial charge on any atom is 0.250 e. The number of carbonyl (C=O) groups is 1. The quantitative estimate of drug-likeness (QED) is 0.771. The number of hydrogen-bond donors (Lipinski definition) is 3. The average Bonchev–Trinajstić information content (AvgIpc) is 2.42. The van der Waals surface area contributed by atoms with Gasteiger partial charge in [0.15, 0.2) is 0 Å². The second-order valence-corrected chi connectivity index (χ2v) is 4.29. The van der Waals surface area contributed by atoms with Gasteiger partial charge in [-0.05, 0) is 24.1 Å². The molecule has 5 nitrogen and oxygen atoms in total. The van der Waals surface area contributed by atoms with E-state index < -0.39 is 5.91 Å². The van der Waals surface area contributed by atoms with Gasteiger partial charge in [0.1, 0.15) is 11.6 Å². The maximum absolute atomic E-state index is 13.4. The molecule has 0 aliphatic rings. The minimum atomic E-state index is -0.609. The number of nitrogens with zero attached hydrogens (tertiary/aromatic N) is 1. The van der Waals surface area contributed by atoms with Crippen molar-refractivity contribution in [3.05, 3.63) is 53.5 Å². The molecule has 1 aromatic heterocycles. The molecule has 20 heavy (non-hydrogen) atoms. The summed E-state index contributed by atoms with van der Waals surface area (Å²) in [5, 5.41) is 3.00. The third-order valence-electron chi connectivity index (χ3n) is 2.86. The van der Waals surface area contributed by atoms with Crippen LogP contribution >= 0.6 is 0 Å². The third-order valence-corrected chi connectivity index (χ3v) is 2.86. The van der Waals surface area contributed by atoms with Gasteiger partial charge in [0.25, 0.3) is 5.91 Å². The lowest BCUT2D eigenvalue weighted by molar-refractivity contribution is 0.100. The molecule has 0 saturated heterocycles. The molecule has 0 fully saturated rings. The fourth-order valence-corrected chi connectivity index (χ4v) is 1.80. The Bertz CT molecular complexity index is 630. The second kappa shape index (κ2) is 6.01. The lowest BCUT2D eigenvalue weighted by Crippen LogP contribution is -2.15. The molecule has 0 radical (unpaired) electrons. The van der Waals surface area contributed by atoms with E-state index in [1.807, 2.05) is 0 Å². The van der Waals surface area contributed by atoms with Crippen LogP contribution in [0.1, 0.15) is 15.9 Å². The largest absolute Gasteiger partial charge is 0.397 e. The van der Waals surface area contributed by atoms with E-state index in [0.29, 0.717) is 24.3 Å². The number of rotatable bonds is 5. The SMILES string of the molecule is NC(=O)c1cc(NCCc2ccccc2F)ncc1N. The zero-order valence-electron chi connectivity index (χ0n) is 10.8. The van der Waals surface area contributed by atoms with E-state index in [1.165, 1.54) is 18.3 Å². The Balaban J connectivity index is 2.00. The van der Waals surface area contributed by atoms with E-state index in [9.17, 15) is 9.18 Å². The van der Waals surface area contributed by atoms with E-state index in [4.69, 9.17) is 11.5 Å². The highest BCUT2D eigenvalue weighted by molar-refractivity contribution is 5.98. The van der Waals surface area contributed by atoms with Gasteiger partial charge in [-0.1, -0.05) is 18.2 Å². The number of aromatic nitrogens is 1. The number of anilines is 2. The normalized spacial score (nSPS) is 10.2. The summed E-state index contributed by atoms with van der Waals surface area (Å²) in [6.07, 6.45) is 1.87. The predicted octanol–water partition coefficient (Wildman–Crippen LogP) is 1.56. The van der Waals surface area contributed by atoms with Crippen molar-refractivity contribution in [1.29, 1.82) is 0 Å². The zero-order valence-corrected chi connectivity index (χ0v) is 10.8. The van der Waals surface area contributed by atoms with Crippen LogP contribution in [0.15, 0.2) is 36.5 Å². The van der Waals surface area contributed by atoms with Gasteiger partial charge in [-0.2, -0.15) is 0 Å². The number of carbonyl (C=O) groups excluding carboxylic acids is 1. The van der Waals surface area contributed by atoms with Crippen molar-refractivity contribution >= 4 is 17.4 Å². The summed E-state index contributed by atoms with van der Waals surface area (Å²) < 4.78 is 13.4. The fourth-order valence-electron chi connectivity index (χ4n) is 1.80. The average molecular weight is 274 g/mol. The summed E-state index contributed by atoms with van der Waals surface area (Å²) in [7, 11) is 0. The highest BCUT2D eigenvalue weighted by Crippen LogP contribution is 2.14. The molecule has 0 aliphatic heterocycles. The van der Waals surface area contributed by atoms with Crippen molar-refractivity contribution in [2.75, 3.05) is 17.6 Å². The van der Waals surface area contributed by atoms with Crippen molar-refractivity contribution in [3.8, 4) is 0 Å². The number of pyridine rings is 1. The lowest BCUT2D eigenvalue weighted by atomic mass is 10.1. The predicted molar refractivity (Wildman–Crippen MR) is 75.8 cm³/mol. The zero-order chi connectivity index (χ0) is 14.5. The van der Waals surface area contributed by atoms with Crippen LogP contribution in [0.5, 0.6) is 0 Å². The molecule has 1 amide bonds. The molecule has 2 aromatic rings. The molecule has 1 aromatic carbocycles. The Kier molecular flexibility index (Phi) is 4.14. The Morgan fingerprint density at radius 1 is 1.35 bits per heavy atom. The molecule has 0 aliphatic carbocycles. The minimum Gasteiger partial charge on any atom is -0.397 e. The number of benzene rings is 1. The highest BCUT2D eigenvalue weighted by atomic mass is 19.1. The number of nitrogens with two attached hydrogens (primary N) is 2. The summed E-state index contributed by atoms with van der Waals surface area (Å²) in [5.41, 5.74) is 11.9. The van der Waals surface area contributed by atoms with Crippen LogP contribution < -0.4 is 16.8 Å². The third kappa shape index (κ3) is 3.23. The van der Waals surface area contributed by atoms with E-state index in [0.717, 1.165) is 0 Å².